The van der Waals surface area contributed by atoms with Crippen molar-refractivity contribution in [2.24, 2.45) is 0 Å². The molecule has 2 aromatic heterocycles. The lowest BCUT2D eigenvalue weighted by Crippen LogP contribution is -2.45. The van der Waals surface area contributed by atoms with E-state index in [0.717, 1.165) is 31.9 Å². The molecule has 11 nitrogen and oxygen atoms in total. The highest BCUT2D eigenvalue weighted by Gasteiger charge is 2.27. The summed E-state index contributed by atoms with van der Waals surface area (Å²) in [6.45, 7) is 0.342. The maximum atomic E-state index is 13.5. The monoisotopic (exact) mass is 577 g/mol. The molecular weight excluding hydrogens is 546 g/mol. The lowest BCUT2D eigenvalue weighted by molar-refractivity contribution is -0.135. The summed E-state index contributed by atoms with van der Waals surface area (Å²) in [4.78, 5) is 39.8. The maximum Gasteiger partial charge on any atom is 0.264 e. The zero-order chi connectivity index (χ0) is 28.8. The number of H-pyrrole nitrogens is 1. The summed E-state index contributed by atoms with van der Waals surface area (Å²) in [7, 11) is -3.73. The minimum Gasteiger partial charge on any atom is -0.457 e. The van der Waals surface area contributed by atoms with Crippen LogP contribution in [0.1, 0.15) is 41.6 Å². The molecule has 41 heavy (non-hydrogen) atoms. The van der Waals surface area contributed by atoms with Gasteiger partial charge in [0.25, 0.3) is 10.1 Å². The Hall–Kier alpha value is -4.29. The summed E-state index contributed by atoms with van der Waals surface area (Å²) in [5, 5.41) is 3.87. The second-order valence-electron chi connectivity index (χ2n) is 9.85. The zero-order valence-electron chi connectivity index (χ0n) is 22.6. The normalized spacial score (nSPS) is 15.8. The standard InChI is InChI=1S/C29H31N5O6S/c1-41(37,38)39-18-25(35)34-15-7-3-4-8-21(34)16-30-28-26-24(17-31-29(26)33-19-32-28)27(36)20-11-13-23(14-12-20)40-22-9-5-2-6-10-22/h2,5-6,9-14,17,19,21H,3-4,7-8,15-16,18H2,1H3,(H2,30,31,32,33). The van der Waals surface area contributed by atoms with Gasteiger partial charge in [0.1, 0.15) is 35.9 Å². The molecule has 0 aliphatic carbocycles. The van der Waals surface area contributed by atoms with Crippen molar-refractivity contribution in [2.75, 3.05) is 31.3 Å². The molecule has 12 heteroatoms. The van der Waals surface area contributed by atoms with E-state index in [-0.39, 0.29) is 17.7 Å². The van der Waals surface area contributed by atoms with Crippen LogP contribution >= 0.6 is 0 Å². The fourth-order valence-electron chi connectivity index (χ4n) is 4.90. The predicted octanol–water partition coefficient (Wildman–Crippen LogP) is 4.14. The summed E-state index contributed by atoms with van der Waals surface area (Å²) < 4.78 is 33.4. The van der Waals surface area contributed by atoms with Gasteiger partial charge in [0.2, 0.25) is 5.91 Å². The van der Waals surface area contributed by atoms with Crippen LogP contribution in [-0.4, -0.2) is 72.0 Å². The van der Waals surface area contributed by atoms with E-state index in [1.165, 1.54) is 6.33 Å². The fourth-order valence-corrected chi connectivity index (χ4v) is 5.22. The van der Waals surface area contributed by atoms with Crippen molar-refractivity contribution in [1.82, 2.24) is 19.9 Å². The number of hydrogen-bond acceptors (Lipinski definition) is 9. The van der Waals surface area contributed by atoms with Gasteiger partial charge in [-0.2, -0.15) is 8.42 Å². The Labute approximate surface area is 238 Å². The lowest BCUT2D eigenvalue weighted by atomic mass is 10.0. The number of aromatic amines is 1. The van der Waals surface area contributed by atoms with Gasteiger partial charge in [-0.15, -0.1) is 0 Å². The lowest BCUT2D eigenvalue weighted by Gasteiger charge is -2.30. The molecule has 0 saturated carbocycles. The molecule has 0 bridgehead atoms. The first-order valence-corrected chi connectivity index (χ1v) is 15.2. The fraction of sp³-hybridized carbons (Fsp3) is 0.310. The summed E-state index contributed by atoms with van der Waals surface area (Å²) in [5.74, 6) is 1.20. The van der Waals surface area contributed by atoms with Gasteiger partial charge in [-0.1, -0.05) is 31.0 Å². The Morgan fingerprint density at radius 2 is 1.78 bits per heavy atom. The molecule has 2 aromatic carbocycles. The molecule has 214 valence electrons. The van der Waals surface area contributed by atoms with Crippen molar-refractivity contribution < 1.29 is 26.9 Å². The van der Waals surface area contributed by atoms with Crippen molar-refractivity contribution in [3.63, 3.8) is 0 Å². The highest BCUT2D eigenvalue weighted by atomic mass is 32.2. The average Bonchev–Trinajstić information content (AvgIpc) is 3.27. The van der Waals surface area contributed by atoms with E-state index in [0.29, 0.717) is 52.6 Å². The van der Waals surface area contributed by atoms with Crippen LogP contribution in [0.2, 0.25) is 0 Å². The largest absolute Gasteiger partial charge is 0.457 e. The molecule has 1 atom stereocenters. The molecule has 3 heterocycles. The van der Waals surface area contributed by atoms with E-state index in [4.69, 9.17) is 8.92 Å². The number of benzene rings is 2. The van der Waals surface area contributed by atoms with Crippen LogP contribution in [0.25, 0.3) is 11.0 Å². The summed E-state index contributed by atoms with van der Waals surface area (Å²) in [5.41, 5.74) is 1.40. The Bertz CT molecular complexity index is 1620. The molecular formula is C29H31N5O6S. The number of nitrogens with zero attached hydrogens (tertiary/aromatic N) is 3. The van der Waals surface area contributed by atoms with Crippen molar-refractivity contribution in [1.29, 1.82) is 0 Å². The van der Waals surface area contributed by atoms with Gasteiger partial charge in [0, 0.05) is 30.9 Å². The highest BCUT2D eigenvalue weighted by molar-refractivity contribution is 7.86. The number of hydrogen-bond donors (Lipinski definition) is 2. The Morgan fingerprint density at radius 1 is 1.02 bits per heavy atom. The van der Waals surface area contributed by atoms with Crippen molar-refractivity contribution in [2.45, 2.75) is 31.7 Å². The molecule has 1 aliphatic rings. The van der Waals surface area contributed by atoms with Gasteiger partial charge in [0.05, 0.1) is 17.2 Å². The minimum atomic E-state index is -3.73. The SMILES string of the molecule is CS(=O)(=O)OCC(=O)N1CCCCCC1CNc1ncnc2[nH]cc(C(=O)c3ccc(Oc4ccccc4)cc3)c12. The number of anilines is 1. The smallest absolute Gasteiger partial charge is 0.264 e. The van der Waals surface area contributed by atoms with Gasteiger partial charge in [0.15, 0.2) is 5.78 Å². The highest BCUT2D eigenvalue weighted by Crippen LogP contribution is 2.28. The van der Waals surface area contributed by atoms with Crippen LogP contribution in [0.5, 0.6) is 11.5 Å². The Balaban J connectivity index is 1.33. The number of para-hydroxylation sites is 1. The van der Waals surface area contributed by atoms with Gasteiger partial charge in [-0.3, -0.25) is 13.8 Å². The molecule has 1 aliphatic heterocycles. The van der Waals surface area contributed by atoms with Crippen LogP contribution in [0.4, 0.5) is 5.82 Å². The van der Waals surface area contributed by atoms with Crippen LogP contribution in [0.15, 0.2) is 67.1 Å². The van der Waals surface area contributed by atoms with E-state index in [1.807, 2.05) is 30.3 Å². The van der Waals surface area contributed by atoms with Gasteiger partial charge in [-0.05, 0) is 49.2 Å². The molecule has 1 saturated heterocycles. The zero-order valence-corrected chi connectivity index (χ0v) is 23.4. The number of ether oxygens (including phenoxy) is 1. The van der Waals surface area contributed by atoms with Gasteiger partial charge < -0.3 is 19.9 Å². The van der Waals surface area contributed by atoms with Crippen LogP contribution in [-0.2, 0) is 19.1 Å². The molecule has 4 aromatic rings. The number of nitrogens with one attached hydrogen (secondary N) is 2. The molecule has 0 spiro atoms. The molecule has 1 unspecified atom stereocenters. The van der Waals surface area contributed by atoms with Crippen molar-refractivity contribution in [3.8, 4) is 11.5 Å². The molecule has 2 N–H and O–H groups in total. The number of carbonyl (C=O) groups excluding carboxylic acids is 2. The number of amides is 1. The van der Waals surface area contributed by atoms with Gasteiger partial charge >= 0.3 is 0 Å². The Morgan fingerprint density at radius 3 is 2.54 bits per heavy atom. The molecule has 0 radical (unpaired) electrons. The minimum absolute atomic E-state index is 0.201. The van der Waals surface area contributed by atoms with Crippen LogP contribution in [0, 0.1) is 0 Å². The third kappa shape index (κ3) is 7.08. The van der Waals surface area contributed by atoms with E-state index >= 15 is 0 Å². The number of aromatic nitrogens is 3. The molecule has 1 amide bonds. The van der Waals surface area contributed by atoms with E-state index < -0.39 is 16.7 Å². The molecule has 1 fully saturated rings. The number of fused-ring (bicyclic) bond motifs is 1. The quantitative estimate of drug-likeness (QED) is 0.210. The van der Waals surface area contributed by atoms with Gasteiger partial charge in [-0.25, -0.2) is 9.97 Å². The van der Waals surface area contributed by atoms with Crippen molar-refractivity contribution in [3.05, 3.63) is 78.2 Å². The first kappa shape index (κ1) is 28.2. The van der Waals surface area contributed by atoms with Crippen molar-refractivity contribution >= 4 is 38.7 Å². The second-order valence-corrected chi connectivity index (χ2v) is 11.5. The number of likely N-dealkylation sites (tertiary alicyclic amines) is 1. The Kier molecular flexibility index (Phi) is 8.60. The predicted molar refractivity (Wildman–Crippen MR) is 154 cm³/mol. The first-order valence-electron chi connectivity index (χ1n) is 13.4. The van der Waals surface area contributed by atoms with E-state index in [2.05, 4.69) is 20.3 Å². The number of carbonyl (C=O) groups is 2. The summed E-state index contributed by atoms with van der Waals surface area (Å²) in [6, 6.07) is 16.1. The number of rotatable bonds is 10. The van der Waals surface area contributed by atoms with E-state index in [1.54, 1.807) is 35.4 Å². The molecule has 5 rings (SSSR count). The first-order chi connectivity index (χ1) is 19.8. The second kappa shape index (κ2) is 12.5. The number of ketones is 1. The average molecular weight is 578 g/mol. The van der Waals surface area contributed by atoms with E-state index in [9.17, 15) is 18.0 Å². The topological polar surface area (TPSA) is 144 Å². The third-order valence-electron chi connectivity index (χ3n) is 6.91. The van der Waals surface area contributed by atoms with Crippen LogP contribution in [0.3, 0.4) is 0 Å². The maximum absolute atomic E-state index is 13.5. The van der Waals surface area contributed by atoms with Crippen LogP contribution < -0.4 is 10.1 Å². The summed E-state index contributed by atoms with van der Waals surface area (Å²) >= 11 is 0. The summed E-state index contributed by atoms with van der Waals surface area (Å²) in [6.07, 6.45) is 7.40. The third-order valence-corrected chi connectivity index (χ3v) is 7.45.